The number of carbonyl (C=O) groups excluding carboxylic acids is 1. The number of rotatable bonds is 4. The second kappa shape index (κ2) is 5.77. The Morgan fingerprint density at radius 1 is 1.20 bits per heavy atom. The summed E-state index contributed by atoms with van der Waals surface area (Å²) >= 11 is 0. The number of aromatic nitrogens is 2. The van der Waals surface area contributed by atoms with Gasteiger partial charge in [0.15, 0.2) is 5.69 Å². The molecule has 5 nitrogen and oxygen atoms in total. The molecule has 2 atom stereocenters. The van der Waals surface area contributed by atoms with Crippen molar-refractivity contribution in [1.82, 2.24) is 15.5 Å². The standard InChI is InChI=1S/C15H22N4O/c1-16-15(20)12-7-8-14(19-18-12)17-13-9-11(13)10-5-3-2-4-6-10/h7-8,10-11,13H,2-6,9H2,1H3,(H,16,20)(H,17,19). The molecule has 0 saturated heterocycles. The largest absolute Gasteiger partial charge is 0.366 e. The second-order valence-corrected chi connectivity index (χ2v) is 5.93. The number of hydrogen-bond acceptors (Lipinski definition) is 4. The minimum absolute atomic E-state index is 0.199. The molecule has 1 heterocycles. The van der Waals surface area contributed by atoms with E-state index < -0.39 is 0 Å². The quantitative estimate of drug-likeness (QED) is 0.883. The van der Waals surface area contributed by atoms with Gasteiger partial charge in [0.2, 0.25) is 0 Å². The van der Waals surface area contributed by atoms with Crippen molar-refractivity contribution in [1.29, 1.82) is 0 Å². The second-order valence-electron chi connectivity index (χ2n) is 5.93. The number of anilines is 1. The summed E-state index contributed by atoms with van der Waals surface area (Å²) in [4.78, 5) is 11.4. The zero-order valence-electron chi connectivity index (χ0n) is 11.9. The molecule has 0 bridgehead atoms. The van der Waals surface area contributed by atoms with E-state index in [0.29, 0.717) is 11.7 Å². The first-order chi connectivity index (χ1) is 9.78. The van der Waals surface area contributed by atoms with E-state index >= 15 is 0 Å². The summed E-state index contributed by atoms with van der Waals surface area (Å²) in [6.45, 7) is 0. The Labute approximate surface area is 119 Å². The van der Waals surface area contributed by atoms with Gasteiger partial charge in [0.25, 0.3) is 5.91 Å². The first-order valence-electron chi connectivity index (χ1n) is 7.60. The predicted octanol–water partition coefficient (Wildman–Crippen LogP) is 2.22. The zero-order chi connectivity index (χ0) is 13.9. The van der Waals surface area contributed by atoms with Crippen molar-refractivity contribution in [2.45, 2.75) is 44.6 Å². The Morgan fingerprint density at radius 2 is 2.00 bits per heavy atom. The van der Waals surface area contributed by atoms with Gasteiger partial charge in [0.1, 0.15) is 5.82 Å². The number of nitrogens with zero attached hydrogens (tertiary/aromatic N) is 2. The maximum atomic E-state index is 11.4. The van der Waals surface area contributed by atoms with Crippen LogP contribution in [0.25, 0.3) is 0 Å². The van der Waals surface area contributed by atoms with Crippen molar-refractivity contribution in [2.24, 2.45) is 11.8 Å². The van der Waals surface area contributed by atoms with E-state index in [2.05, 4.69) is 20.8 Å². The molecule has 0 spiro atoms. The third kappa shape index (κ3) is 2.92. The Bertz CT molecular complexity index is 467. The van der Waals surface area contributed by atoms with Crippen LogP contribution in [0.5, 0.6) is 0 Å². The summed E-state index contributed by atoms with van der Waals surface area (Å²) in [6, 6.07) is 4.11. The first kappa shape index (κ1) is 13.3. The molecule has 0 radical (unpaired) electrons. The Hall–Kier alpha value is -1.65. The molecule has 2 unspecified atom stereocenters. The van der Waals surface area contributed by atoms with Crippen LogP contribution >= 0.6 is 0 Å². The minimum Gasteiger partial charge on any atom is -0.366 e. The van der Waals surface area contributed by atoms with Gasteiger partial charge in [0.05, 0.1) is 0 Å². The molecule has 108 valence electrons. The summed E-state index contributed by atoms with van der Waals surface area (Å²) in [5, 5.41) is 14.0. The van der Waals surface area contributed by atoms with Gasteiger partial charge in [-0.3, -0.25) is 4.79 Å². The lowest BCUT2D eigenvalue weighted by atomic mass is 9.85. The Kier molecular flexibility index (Phi) is 3.85. The van der Waals surface area contributed by atoms with Crippen LogP contribution in [-0.2, 0) is 0 Å². The van der Waals surface area contributed by atoms with Crippen LogP contribution in [0.15, 0.2) is 12.1 Å². The summed E-state index contributed by atoms with van der Waals surface area (Å²) in [7, 11) is 1.59. The molecule has 2 N–H and O–H groups in total. The monoisotopic (exact) mass is 274 g/mol. The van der Waals surface area contributed by atoms with Gasteiger partial charge in [0, 0.05) is 13.1 Å². The molecule has 2 fully saturated rings. The molecule has 2 saturated carbocycles. The predicted molar refractivity (Wildman–Crippen MR) is 77.5 cm³/mol. The molecule has 2 aliphatic rings. The smallest absolute Gasteiger partial charge is 0.271 e. The first-order valence-corrected chi connectivity index (χ1v) is 7.60. The highest BCUT2D eigenvalue weighted by molar-refractivity contribution is 5.91. The molecule has 0 aliphatic heterocycles. The van der Waals surface area contributed by atoms with Crippen molar-refractivity contribution in [2.75, 3.05) is 12.4 Å². The van der Waals surface area contributed by atoms with Crippen LogP contribution in [0.2, 0.25) is 0 Å². The van der Waals surface area contributed by atoms with Gasteiger partial charge < -0.3 is 10.6 Å². The fraction of sp³-hybridized carbons (Fsp3) is 0.667. The van der Waals surface area contributed by atoms with Crippen LogP contribution in [0.4, 0.5) is 5.82 Å². The number of hydrogen-bond donors (Lipinski definition) is 2. The van der Waals surface area contributed by atoms with Gasteiger partial charge in [-0.1, -0.05) is 32.1 Å². The van der Waals surface area contributed by atoms with Gasteiger partial charge in [-0.2, -0.15) is 0 Å². The lowest BCUT2D eigenvalue weighted by Gasteiger charge is -2.21. The average Bonchev–Trinajstić information content (AvgIpc) is 3.27. The minimum atomic E-state index is -0.199. The molecule has 1 amide bonds. The highest BCUT2D eigenvalue weighted by Gasteiger charge is 2.43. The average molecular weight is 274 g/mol. The Morgan fingerprint density at radius 3 is 2.65 bits per heavy atom. The zero-order valence-corrected chi connectivity index (χ0v) is 11.9. The van der Waals surface area contributed by atoms with Crippen LogP contribution < -0.4 is 10.6 Å². The summed E-state index contributed by atoms with van der Waals surface area (Å²) in [6.07, 6.45) is 8.24. The van der Waals surface area contributed by atoms with Gasteiger partial charge in [-0.25, -0.2) is 0 Å². The highest BCUT2D eigenvalue weighted by atomic mass is 16.1. The Balaban J connectivity index is 1.53. The number of nitrogens with one attached hydrogen (secondary N) is 2. The third-order valence-electron chi connectivity index (χ3n) is 4.55. The van der Waals surface area contributed by atoms with E-state index in [9.17, 15) is 4.79 Å². The maximum absolute atomic E-state index is 11.4. The van der Waals surface area contributed by atoms with Crippen molar-refractivity contribution < 1.29 is 4.79 Å². The molecule has 20 heavy (non-hydrogen) atoms. The summed E-state index contributed by atoms with van der Waals surface area (Å²) in [5.74, 6) is 2.30. The molecule has 3 rings (SSSR count). The van der Waals surface area contributed by atoms with Crippen LogP contribution in [-0.4, -0.2) is 29.2 Å². The molecule has 1 aromatic heterocycles. The number of carbonyl (C=O) groups is 1. The van der Waals surface area contributed by atoms with Crippen LogP contribution in [0.3, 0.4) is 0 Å². The SMILES string of the molecule is CNC(=O)c1ccc(NC2CC2C2CCCCC2)nn1. The van der Waals surface area contributed by atoms with Crippen molar-refractivity contribution >= 4 is 11.7 Å². The molecular formula is C15H22N4O. The lowest BCUT2D eigenvalue weighted by molar-refractivity contribution is 0.0957. The van der Waals surface area contributed by atoms with E-state index in [4.69, 9.17) is 0 Å². The maximum Gasteiger partial charge on any atom is 0.271 e. The normalized spacial score (nSPS) is 26.1. The van der Waals surface area contributed by atoms with Crippen molar-refractivity contribution in [3.8, 4) is 0 Å². The van der Waals surface area contributed by atoms with Gasteiger partial charge in [-0.05, 0) is 30.4 Å². The fourth-order valence-electron chi connectivity index (χ4n) is 3.31. The highest BCUT2D eigenvalue weighted by Crippen LogP contribution is 2.45. The molecule has 1 aromatic rings. The van der Waals surface area contributed by atoms with E-state index in [-0.39, 0.29) is 5.91 Å². The fourth-order valence-corrected chi connectivity index (χ4v) is 3.31. The van der Waals surface area contributed by atoms with E-state index in [1.807, 2.05) is 6.07 Å². The topological polar surface area (TPSA) is 66.9 Å². The number of amides is 1. The van der Waals surface area contributed by atoms with Gasteiger partial charge >= 0.3 is 0 Å². The van der Waals surface area contributed by atoms with E-state index in [0.717, 1.165) is 17.7 Å². The molecule has 2 aliphatic carbocycles. The van der Waals surface area contributed by atoms with Crippen LogP contribution in [0, 0.1) is 11.8 Å². The van der Waals surface area contributed by atoms with Crippen molar-refractivity contribution in [3.05, 3.63) is 17.8 Å². The lowest BCUT2D eigenvalue weighted by Crippen LogP contribution is -2.20. The molecular weight excluding hydrogens is 252 g/mol. The third-order valence-corrected chi connectivity index (χ3v) is 4.55. The summed E-state index contributed by atoms with van der Waals surface area (Å²) in [5.41, 5.74) is 0.359. The molecule has 5 heteroatoms. The van der Waals surface area contributed by atoms with Crippen molar-refractivity contribution in [3.63, 3.8) is 0 Å². The van der Waals surface area contributed by atoms with Gasteiger partial charge in [-0.15, -0.1) is 10.2 Å². The van der Waals surface area contributed by atoms with Crippen LogP contribution in [0.1, 0.15) is 49.0 Å². The van der Waals surface area contributed by atoms with E-state index in [1.54, 1.807) is 13.1 Å². The molecule has 0 aromatic carbocycles. The summed E-state index contributed by atoms with van der Waals surface area (Å²) < 4.78 is 0. The van der Waals surface area contributed by atoms with E-state index in [1.165, 1.54) is 38.5 Å².